The van der Waals surface area contributed by atoms with Crippen molar-refractivity contribution in [3.8, 4) is 0 Å². The Labute approximate surface area is 106 Å². The molecule has 5 nitrogen and oxygen atoms in total. The summed E-state index contributed by atoms with van der Waals surface area (Å²) in [4.78, 5) is 22.4. The van der Waals surface area contributed by atoms with Crippen LogP contribution in [0.4, 0.5) is 5.69 Å². The largest absolute Gasteiger partial charge is 0.481 e. The Morgan fingerprint density at radius 3 is 2.72 bits per heavy atom. The van der Waals surface area contributed by atoms with E-state index in [4.69, 9.17) is 15.6 Å². The first-order valence-electron chi connectivity index (χ1n) is 5.82. The molecule has 0 atom stereocenters. The molecule has 5 heteroatoms. The second-order valence-corrected chi connectivity index (χ2v) is 3.94. The second kappa shape index (κ2) is 6.64. The van der Waals surface area contributed by atoms with E-state index >= 15 is 0 Å². The maximum atomic E-state index is 11.7. The smallest absolute Gasteiger partial charge is 0.340 e. The molecule has 0 aromatic heterocycles. The zero-order valence-electron chi connectivity index (χ0n) is 10.3. The van der Waals surface area contributed by atoms with Crippen LogP contribution in [-0.2, 0) is 16.0 Å². The van der Waals surface area contributed by atoms with Gasteiger partial charge in [0, 0.05) is 5.69 Å². The maximum Gasteiger partial charge on any atom is 0.340 e. The number of nitrogen functional groups attached to an aromatic ring is 1. The lowest BCUT2D eigenvalue weighted by Crippen LogP contribution is -2.12. The molecule has 0 fully saturated rings. The van der Waals surface area contributed by atoms with Crippen molar-refractivity contribution in [1.82, 2.24) is 0 Å². The van der Waals surface area contributed by atoms with Crippen molar-refractivity contribution in [3.05, 3.63) is 29.3 Å². The predicted molar refractivity (Wildman–Crippen MR) is 67.4 cm³/mol. The molecular formula is C13H17NO4. The fourth-order valence-electron chi connectivity index (χ4n) is 1.50. The van der Waals surface area contributed by atoms with Crippen LogP contribution < -0.4 is 5.73 Å². The van der Waals surface area contributed by atoms with Gasteiger partial charge in [0.15, 0.2) is 0 Å². The highest BCUT2D eigenvalue weighted by atomic mass is 16.5. The normalized spacial score (nSPS) is 10.1. The summed E-state index contributed by atoms with van der Waals surface area (Å²) in [6.07, 6.45) is 1.52. The average molecular weight is 251 g/mol. The number of benzene rings is 1. The number of aliphatic carboxylic acids is 1. The van der Waals surface area contributed by atoms with Crippen LogP contribution in [-0.4, -0.2) is 23.7 Å². The van der Waals surface area contributed by atoms with E-state index in [1.54, 1.807) is 12.1 Å². The minimum Gasteiger partial charge on any atom is -0.481 e. The summed E-state index contributed by atoms with van der Waals surface area (Å²) in [6, 6.07) is 4.73. The third kappa shape index (κ3) is 3.76. The molecule has 0 amide bonds. The number of rotatable bonds is 6. The fourth-order valence-corrected chi connectivity index (χ4v) is 1.50. The van der Waals surface area contributed by atoms with Gasteiger partial charge in [-0.1, -0.05) is 25.5 Å². The number of para-hydroxylation sites is 1. The molecule has 0 saturated carbocycles. The van der Waals surface area contributed by atoms with Gasteiger partial charge in [-0.25, -0.2) is 4.79 Å². The summed E-state index contributed by atoms with van der Waals surface area (Å²) >= 11 is 0. The van der Waals surface area contributed by atoms with Gasteiger partial charge in [0.2, 0.25) is 0 Å². The molecular weight excluding hydrogens is 234 g/mol. The highest BCUT2D eigenvalue weighted by Crippen LogP contribution is 2.19. The van der Waals surface area contributed by atoms with E-state index in [2.05, 4.69) is 0 Å². The molecule has 0 heterocycles. The van der Waals surface area contributed by atoms with E-state index in [9.17, 15) is 9.59 Å². The first-order valence-corrected chi connectivity index (χ1v) is 5.82. The summed E-state index contributed by atoms with van der Waals surface area (Å²) in [7, 11) is 0. The van der Waals surface area contributed by atoms with Gasteiger partial charge in [-0.05, 0) is 18.1 Å². The topological polar surface area (TPSA) is 89.6 Å². The molecule has 0 aliphatic rings. The van der Waals surface area contributed by atoms with Gasteiger partial charge in [0.05, 0.1) is 18.6 Å². The Kier molecular flexibility index (Phi) is 5.17. The summed E-state index contributed by atoms with van der Waals surface area (Å²) in [5.74, 6) is -1.49. The minimum atomic E-state index is -0.988. The third-order valence-corrected chi connectivity index (χ3v) is 2.49. The number of carboxylic acid groups (broad SMARTS) is 1. The van der Waals surface area contributed by atoms with Crippen molar-refractivity contribution >= 4 is 17.6 Å². The van der Waals surface area contributed by atoms with Crippen LogP contribution in [0.1, 0.15) is 35.7 Å². The molecule has 1 aromatic rings. The molecule has 0 spiro atoms. The van der Waals surface area contributed by atoms with E-state index in [-0.39, 0.29) is 17.7 Å². The van der Waals surface area contributed by atoms with Crippen LogP contribution in [0.15, 0.2) is 18.2 Å². The van der Waals surface area contributed by atoms with Crippen molar-refractivity contribution in [2.24, 2.45) is 0 Å². The number of unbranched alkanes of at least 4 members (excludes halogenated alkanes) is 1. The van der Waals surface area contributed by atoms with E-state index in [0.717, 1.165) is 12.8 Å². The number of carbonyl (C=O) groups is 2. The van der Waals surface area contributed by atoms with Crippen molar-refractivity contribution in [2.45, 2.75) is 26.2 Å². The maximum absolute atomic E-state index is 11.7. The average Bonchev–Trinajstić information content (AvgIpc) is 2.31. The van der Waals surface area contributed by atoms with Crippen LogP contribution in [0.3, 0.4) is 0 Å². The molecule has 18 heavy (non-hydrogen) atoms. The van der Waals surface area contributed by atoms with Gasteiger partial charge >= 0.3 is 11.9 Å². The van der Waals surface area contributed by atoms with E-state index in [1.807, 2.05) is 6.92 Å². The van der Waals surface area contributed by atoms with Gasteiger partial charge in [0.1, 0.15) is 0 Å². The molecule has 0 aliphatic heterocycles. The lowest BCUT2D eigenvalue weighted by Gasteiger charge is -2.09. The van der Waals surface area contributed by atoms with E-state index in [0.29, 0.717) is 12.2 Å². The number of ether oxygens (including phenoxy) is 1. The fraction of sp³-hybridized carbons (Fsp3) is 0.385. The summed E-state index contributed by atoms with van der Waals surface area (Å²) in [5.41, 5.74) is 6.60. The van der Waals surface area contributed by atoms with Gasteiger partial charge in [-0.15, -0.1) is 0 Å². The number of hydrogen-bond donors (Lipinski definition) is 2. The Balaban J connectivity index is 2.82. The molecule has 0 aliphatic carbocycles. The van der Waals surface area contributed by atoms with Crippen LogP contribution in [0.25, 0.3) is 0 Å². The molecule has 0 bridgehead atoms. The number of hydrogen-bond acceptors (Lipinski definition) is 4. The number of anilines is 1. The van der Waals surface area contributed by atoms with Crippen molar-refractivity contribution < 1.29 is 19.4 Å². The summed E-state index contributed by atoms with van der Waals surface area (Å²) in [5, 5.41) is 8.72. The number of nitrogens with two attached hydrogens (primary N) is 1. The van der Waals surface area contributed by atoms with Crippen molar-refractivity contribution in [3.63, 3.8) is 0 Å². The molecule has 98 valence electrons. The number of carbonyl (C=O) groups excluding carboxylic acids is 1. The van der Waals surface area contributed by atoms with Gasteiger partial charge < -0.3 is 15.6 Å². The van der Waals surface area contributed by atoms with Gasteiger partial charge in [-0.2, -0.15) is 0 Å². The summed E-state index contributed by atoms with van der Waals surface area (Å²) in [6.45, 7) is 2.34. The lowest BCUT2D eigenvalue weighted by atomic mass is 10.0. The first-order chi connectivity index (χ1) is 8.56. The standard InChI is InChI=1S/C13H17NO4/c1-2-3-7-18-13(17)10-6-4-5-9(12(10)14)8-11(15)16/h4-6H,2-3,7-8,14H2,1H3,(H,15,16). The van der Waals surface area contributed by atoms with Crippen LogP contribution >= 0.6 is 0 Å². The monoisotopic (exact) mass is 251 g/mol. The molecule has 0 radical (unpaired) electrons. The molecule has 0 unspecified atom stereocenters. The molecule has 3 N–H and O–H groups in total. The van der Waals surface area contributed by atoms with Crippen molar-refractivity contribution in [1.29, 1.82) is 0 Å². The van der Waals surface area contributed by atoms with Gasteiger partial charge in [0.25, 0.3) is 0 Å². The Bertz CT molecular complexity index is 443. The van der Waals surface area contributed by atoms with E-state index in [1.165, 1.54) is 6.07 Å². The van der Waals surface area contributed by atoms with Crippen molar-refractivity contribution in [2.75, 3.05) is 12.3 Å². The highest BCUT2D eigenvalue weighted by Gasteiger charge is 2.14. The predicted octanol–water partition coefficient (Wildman–Crippen LogP) is 1.85. The Hall–Kier alpha value is -2.04. The van der Waals surface area contributed by atoms with Crippen LogP contribution in [0.5, 0.6) is 0 Å². The Morgan fingerprint density at radius 1 is 1.39 bits per heavy atom. The number of carboxylic acids is 1. The van der Waals surface area contributed by atoms with Gasteiger partial charge in [-0.3, -0.25) is 4.79 Å². The molecule has 0 saturated heterocycles. The van der Waals surface area contributed by atoms with Crippen LogP contribution in [0, 0.1) is 0 Å². The van der Waals surface area contributed by atoms with E-state index < -0.39 is 11.9 Å². The summed E-state index contributed by atoms with van der Waals surface area (Å²) < 4.78 is 5.04. The van der Waals surface area contributed by atoms with Crippen LogP contribution in [0.2, 0.25) is 0 Å². The quantitative estimate of drug-likeness (QED) is 0.457. The second-order valence-electron chi connectivity index (χ2n) is 3.94. The highest BCUT2D eigenvalue weighted by molar-refractivity contribution is 5.96. The SMILES string of the molecule is CCCCOC(=O)c1cccc(CC(=O)O)c1N. The molecule has 1 rings (SSSR count). The Morgan fingerprint density at radius 2 is 2.11 bits per heavy atom. The first kappa shape index (κ1) is 14.0. The zero-order valence-corrected chi connectivity index (χ0v) is 10.3. The minimum absolute atomic E-state index is 0.182. The lowest BCUT2D eigenvalue weighted by molar-refractivity contribution is -0.136. The zero-order chi connectivity index (χ0) is 13.5. The number of esters is 1. The molecule has 1 aromatic carbocycles. The third-order valence-electron chi connectivity index (χ3n) is 2.49.